The van der Waals surface area contributed by atoms with Gasteiger partial charge in [-0.05, 0) is 36.2 Å². The van der Waals surface area contributed by atoms with Crippen LogP contribution in [0.15, 0.2) is 54.7 Å². The van der Waals surface area contributed by atoms with Gasteiger partial charge in [0.1, 0.15) is 5.69 Å². The fraction of sp³-hybridized carbons (Fsp3) is 0.217. The van der Waals surface area contributed by atoms with Gasteiger partial charge in [0.15, 0.2) is 11.5 Å². The molecule has 3 N–H and O–H groups in total. The minimum absolute atomic E-state index is 0.258. The van der Waals surface area contributed by atoms with Crippen LogP contribution in [0, 0.1) is 0 Å². The van der Waals surface area contributed by atoms with Gasteiger partial charge in [0.05, 0.1) is 5.69 Å². The quantitative estimate of drug-likeness (QED) is 0.285. The number of amides is 1. The first-order valence-corrected chi connectivity index (χ1v) is 10.2. The fourth-order valence-corrected chi connectivity index (χ4v) is 4.01. The van der Waals surface area contributed by atoms with Crippen molar-refractivity contribution in [3.05, 3.63) is 66.0 Å². The van der Waals surface area contributed by atoms with E-state index in [0.717, 1.165) is 45.6 Å². The molecule has 0 unspecified atom stereocenters. The number of nitrogens with zero attached hydrogens (tertiary/aromatic N) is 3. The third kappa shape index (κ3) is 3.40. The molecule has 0 fully saturated rings. The second kappa shape index (κ2) is 7.81. The summed E-state index contributed by atoms with van der Waals surface area (Å²) in [4.78, 5) is 12.2. The monoisotopic (exact) mass is 417 g/mol. The normalized spacial score (nSPS) is 12.5. The molecule has 31 heavy (non-hydrogen) atoms. The first-order valence-electron chi connectivity index (χ1n) is 10.2. The molecular weight excluding hydrogens is 394 g/mol. The third-order valence-corrected chi connectivity index (χ3v) is 5.43. The Bertz CT molecular complexity index is 1270. The van der Waals surface area contributed by atoms with Crippen LogP contribution in [-0.2, 0) is 13.1 Å². The maximum atomic E-state index is 12.2. The van der Waals surface area contributed by atoms with Gasteiger partial charge < -0.3 is 14.0 Å². The molecule has 3 heterocycles. The Hall–Kier alpha value is -3.78. The molecule has 158 valence electrons. The molecule has 2 aromatic carbocycles. The number of nitrogens with one attached hydrogen (secondary N) is 1. The van der Waals surface area contributed by atoms with Gasteiger partial charge in [0.25, 0.3) is 5.91 Å². The topological polar surface area (TPSA) is 96.3 Å². The SMILES string of the molecule is CCCn1nc(-c2cn(Cc3ccc4c(c3)OCO4)c3ccccc23)cc1C(=O)NN. The Kier molecular flexibility index (Phi) is 4.83. The van der Waals surface area contributed by atoms with Gasteiger partial charge in [-0.2, -0.15) is 5.10 Å². The molecule has 0 saturated heterocycles. The largest absolute Gasteiger partial charge is 0.454 e. The highest BCUT2D eigenvalue weighted by molar-refractivity contribution is 5.98. The van der Waals surface area contributed by atoms with E-state index in [4.69, 9.17) is 20.4 Å². The van der Waals surface area contributed by atoms with Gasteiger partial charge in [0, 0.05) is 35.8 Å². The van der Waals surface area contributed by atoms with Crippen molar-refractivity contribution >= 4 is 16.8 Å². The lowest BCUT2D eigenvalue weighted by molar-refractivity contribution is 0.0942. The molecule has 0 saturated carbocycles. The number of fused-ring (bicyclic) bond motifs is 2. The Morgan fingerprint density at radius 2 is 2.00 bits per heavy atom. The van der Waals surface area contributed by atoms with Crippen molar-refractivity contribution in [3.8, 4) is 22.8 Å². The lowest BCUT2D eigenvalue weighted by atomic mass is 10.1. The van der Waals surface area contributed by atoms with Crippen molar-refractivity contribution in [3.63, 3.8) is 0 Å². The van der Waals surface area contributed by atoms with E-state index in [1.165, 1.54) is 0 Å². The molecule has 1 amide bonds. The lowest BCUT2D eigenvalue weighted by Crippen LogP contribution is -2.32. The Morgan fingerprint density at radius 1 is 1.16 bits per heavy atom. The molecule has 2 aromatic heterocycles. The summed E-state index contributed by atoms with van der Waals surface area (Å²) in [6.45, 7) is 3.61. The first-order chi connectivity index (χ1) is 15.2. The highest BCUT2D eigenvalue weighted by Gasteiger charge is 2.19. The van der Waals surface area contributed by atoms with Crippen molar-refractivity contribution in [2.24, 2.45) is 5.84 Å². The number of aromatic nitrogens is 3. The van der Waals surface area contributed by atoms with Crippen LogP contribution in [0.1, 0.15) is 29.4 Å². The number of nitrogens with two attached hydrogens (primary N) is 1. The van der Waals surface area contributed by atoms with Crippen LogP contribution >= 0.6 is 0 Å². The number of aryl methyl sites for hydroxylation is 1. The molecule has 4 aromatic rings. The molecular formula is C23H23N5O3. The number of carbonyl (C=O) groups is 1. The Balaban J connectivity index is 1.57. The predicted octanol–water partition coefficient (Wildman–Crippen LogP) is 3.30. The lowest BCUT2D eigenvalue weighted by Gasteiger charge is -2.06. The molecule has 1 aliphatic rings. The van der Waals surface area contributed by atoms with Crippen LogP contribution in [0.2, 0.25) is 0 Å². The number of hydrogen-bond acceptors (Lipinski definition) is 5. The second-order valence-electron chi connectivity index (χ2n) is 7.49. The standard InChI is InChI=1S/C23H23N5O3/c1-2-9-28-20(23(29)25-24)11-18(26-28)17-13-27(19-6-4-3-5-16(17)19)12-15-7-8-21-22(10-15)31-14-30-21/h3-8,10-11,13H,2,9,12,14,24H2,1H3,(H,25,29). The Labute approximate surface area is 179 Å². The predicted molar refractivity (Wildman–Crippen MR) is 117 cm³/mol. The summed E-state index contributed by atoms with van der Waals surface area (Å²) in [5.41, 5.74) is 6.57. The summed E-state index contributed by atoms with van der Waals surface area (Å²) in [6.07, 6.45) is 2.94. The smallest absolute Gasteiger partial charge is 0.283 e. The second-order valence-corrected chi connectivity index (χ2v) is 7.49. The average Bonchev–Trinajstić information content (AvgIpc) is 3.51. The maximum Gasteiger partial charge on any atom is 0.283 e. The van der Waals surface area contributed by atoms with E-state index in [1.54, 1.807) is 10.7 Å². The zero-order chi connectivity index (χ0) is 21.4. The van der Waals surface area contributed by atoms with Gasteiger partial charge in [-0.1, -0.05) is 31.2 Å². The number of nitrogen functional groups attached to an aromatic ring is 1. The summed E-state index contributed by atoms with van der Waals surface area (Å²) in [5.74, 6) is 6.56. The number of rotatable bonds is 6. The minimum atomic E-state index is -0.351. The van der Waals surface area contributed by atoms with Crippen LogP contribution in [0.3, 0.4) is 0 Å². The molecule has 8 heteroatoms. The number of para-hydroxylation sites is 1. The fourth-order valence-electron chi connectivity index (χ4n) is 4.01. The summed E-state index contributed by atoms with van der Waals surface area (Å²) < 4.78 is 14.8. The van der Waals surface area contributed by atoms with Gasteiger partial charge in [-0.15, -0.1) is 0 Å². The highest BCUT2D eigenvalue weighted by atomic mass is 16.7. The van der Waals surface area contributed by atoms with Crippen molar-refractivity contribution < 1.29 is 14.3 Å². The van der Waals surface area contributed by atoms with Gasteiger partial charge in [-0.3, -0.25) is 14.9 Å². The third-order valence-electron chi connectivity index (χ3n) is 5.43. The molecule has 8 nitrogen and oxygen atoms in total. The molecule has 0 atom stereocenters. The van der Waals surface area contributed by atoms with Crippen molar-refractivity contribution in [2.45, 2.75) is 26.4 Å². The molecule has 0 spiro atoms. The summed E-state index contributed by atoms with van der Waals surface area (Å²) in [6, 6.07) is 16.0. The van der Waals surface area contributed by atoms with Crippen LogP contribution in [0.4, 0.5) is 0 Å². The molecule has 1 aliphatic heterocycles. The van der Waals surface area contributed by atoms with Crippen molar-refractivity contribution in [1.29, 1.82) is 0 Å². The minimum Gasteiger partial charge on any atom is -0.454 e. The van der Waals surface area contributed by atoms with Gasteiger partial charge in [0.2, 0.25) is 6.79 Å². The van der Waals surface area contributed by atoms with E-state index in [-0.39, 0.29) is 12.7 Å². The van der Waals surface area contributed by atoms with Crippen molar-refractivity contribution in [2.75, 3.05) is 6.79 Å². The van der Waals surface area contributed by atoms with E-state index in [2.05, 4.69) is 28.3 Å². The molecule has 5 rings (SSSR count). The summed E-state index contributed by atoms with van der Waals surface area (Å²) >= 11 is 0. The molecule has 0 aliphatic carbocycles. The van der Waals surface area contributed by atoms with Crippen LogP contribution in [-0.4, -0.2) is 27.0 Å². The van der Waals surface area contributed by atoms with E-state index in [9.17, 15) is 4.79 Å². The van der Waals surface area contributed by atoms with Crippen molar-refractivity contribution in [1.82, 2.24) is 19.8 Å². The number of carbonyl (C=O) groups excluding carboxylic acids is 1. The van der Waals surface area contributed by atoms with Crippen LogP contribution in [0.25, 0.3) is 22.2 Å². The number of benzene rings is 2. The Morgan fingerprint density at radius 3 is 2.84 bits per heavy atom. The average molecular weight is 417 g/mol. The van der Waals surface area contributed by atoms with Crippen LogP contribution in [0.5, 0.6) is 11.5 Å². The van der Waals surface area contributed by atoms with Gasteiger partial charge >= 0.3 is 0 Å². The van der Waals surface area contributed by atoms with E-state index in [1.807, 2.05) is 37.3 Å². The van der Waals surface area contributed by atoms with E-state index >= 15 is 0 Å². The number of hydrazine groups is 1. The van der Waals surface area contributed by atoms with E-state index < -0.39 is 0 Å². The summed E-state index contributed by atoms with van der Waals surface area (Å²) in [7, 11) is 0. The zero-order valence-electron chi connectivity index (χ0n) is 17.2. The molecule has 0 radical (unpaired) electrons. The van der Waals surface area contributed by atoms with Gasteiger partial charge in [-0.25, -0.2) is 5.84 Å². The maximum absolute atomic E-state index is 12.2. The zero-order valence-corrected chi connectivity index (χ0v) is 17.2. The first kappa shape index (κ1) is 19.2. The number of hydrogen-bond donors (Lipinski definition) is 2. The highest BCUT2D eigenvalue weighted by Crippen LogP contribution is 2.34. The molecule has 0 bridgehead atoms. The number of ether oxygens (including phenoxy) is 2. The summed E-state index contributed by atoms with van der Waals surface area (Å²) in [5, 5.41) is 5.78. The van der Waals surface area contributed by atoms with Crippen LogP contribution < -0.4 is 20.7 Å². The van der Waals surface area contributed by atoms with E-state index in [0.29, 0.717) is 18.8 Å².